The number of aromatic nitrogens is 3. The molecule has 1 heterocycles. The molecule has 23 heavy (non-hydrogen) atoms. The van der Waals surface area contributed by atoms with Gasteiger partial charge in [0.05, 0.1) is 5.75 Å². The van der Waals surface area contributed by atoms with E-state index in [1.165, 1.54) is 14.1 Å². The maximum Gasteiger partial charge on any atom is 0.346 e. The van der Waals surface area contributed by atoms with Gasteiger partial charge in [-0.2, -0.15) is 5.10 Å². The molecule has 0 spiro atoms. The van der Waals surface area contributed by atoms with Crippen molar-refractivity contribution >= 4 is 23.6 Å². The van der Waals surface area contributed by atoms with Crippen LogP contribution in [0.3, 0.4) is 0 Å². The molecular weight excluding hydrogens is 322 g/mol. The summed E-state index contributed by atoms with van der Waals surface area (Å²) in [5, 5.41) is 3.88. The third-order valence-electron chi connectivity index (χ3n) is 3.68. The molecule has 1 aliphatic carbocycles. The first-order valence-corrected chi connectivity index (χ1v) is 8.24. The Balaban J connectivity index is 1.86. The number of rotatable bonds is 4. The summed E-state index contributed by atoms with van der Waals surface area (Å²) in [6.07, 6.45) is 3.75. The smallest absolute Gasteiger partial charge is 0.273 e. The number of thioether (sulfide) groups is 1. The van der Waals surface area contributed by atoms with Crippen molar-refractivity contribution in [2.24, 2.45) is 20.0 Å². The molecule has 2 N–H and O–H groups in total. The number of carbonyl (C=O) groups excluding carboxylic acids is 2. The van der Waals surface area contributed by atoms with Crippen molar-refractivity contribution in [2.45, 2.75) is 30.7 Å². The average Bonchev–Trinajstić information content (AvgIpc) is 3.07. The molecule has 126 valence electrons. The molecule has 0 aromatic carbocycles. The van der Waals surface area contributed by atoms with E-state index in [4.69, 9.17) is 0 Å². The monoisotopic (exact) mass is 341 g/mol. The molecule has 0 saturated heterocycles. The van der Waals surface area contributed by atoms with Gasteiger partial charge in [-0.25, -0.2) is 9.48 Å². The quantitative estimate of drug-likeness (QED) is 0.531. The topological polar surface area (TPSA) is 115 Å². The van der Waals surface area contributed by atoms with Crippen molar-refractivity contribution in [3.05, 3.63) is 20.8 Å². The molecule has 0 aliphatic heterocycles. The first-order valence-electron chi connectivity index (χ1n) is 7.26. The van der Waals surface area contributed by atoms with Crippen LogP contribution in [-0.2, 0) is 23.7 Å². The Hall–Kier alpha value is -2.10. The van der Waals surface area contributed by atoms with Crippen molar-refractivity contribution in [1.82, 2.24) is 25.2 Å². The zero-order chi connectivity index (χ0) is 17.0. The van der Waals surface area contributed by atoms with Gasteiger partial charge < -0.3 is 0 Å². The standard InChI is InChI=1S/C13H19N5O4S/c1-17-12(21)11(16-18(2)13(17)22)23-7-9(19)14-15-10(20)8-5-3-4-6-8/h8H,3-7H2,1-2H3,(H,14,19)(H,15,20). The second-order valence-corrected chi connectivity index (χ2v) is 6.35. The third-order valence-corrected chi connectivity index (χ3v) is 4.62. The van der Waals surface area contributed by atoms with E-state index in [0.717, 1.165) is 46.7 Å². The minimum absolute atomic E-state index is 0.0411. The summed E-state index contributed by atoms with van der Waals surface area (Å²) >= 11 is 0.909. The molecule has 0 radical (unpaired) electrons. The SMILES string of the molecule is Cn1nc(SCC(=O)NNC(=O)C2CCCC2)c(=O)n(C)c1=O. The highest BCUT2D eigenvalue weighted by atomic mass is 32.2. The van der Waals surface area contributed by atoms with Gasteiger partial charge in [-0.15, -0.1) is 0 Å². The maximum absolute atomic E-state index is 11.9. The van der Waals surface area contributed by atoms with E-state index >= 15 is 0 Å². The lowest BCUT2D eigenvalue weighted by Gasteiger charge is -2.11. The van der Waals surface area contributed by atoms with E-state index < -0.39 is 17.2 Å². The Morgan fingerprint density at radius 1 is 1.22 bits per heavy atom. The van der Waals surface area contributed by atoms with Crippen LogP contribution in [0.4, 0.5) is 0 Å². The number of nitrogens with one attached hydrogen (secondary N) is 2. The molecule has 10 heteroatoms. The van der Waals surface area contributed by atoms with Gasteiger partial charge in [-0.05, 0) is 12.8 Å². The summed E-state index contributed by atoms with van der Waals surface area (Å²) < 4.78 is 1.96. The second kappa shape index (κ2) is 7.44. The summed E-state index contributed by atoms with van der Waals surface area (Å²) in [5.41, 5.74) is 3.63. The minimum Gasteiger partial charge on any atom is -0.273 e. The average molecular weight is 341 g/mol. The van der Waals surface area contributed by atoms with E-state index in [0.29, 0.717) is 0 Å². The Kier molecular flexibility index (Phi) is 5.59. The summed E-state index contributed by atoms with van der Waals surface area (Å²) in [5.74, 6) is -0.762. The first-order chi connectivity index (χ1) is 10.9. The molecule has 1 aliphatic rings. The molecule has 1 fully saturated rings. The first kappa shape index (κ1) is 17.3. The van der Waals surface area contributed by atoms with E-state index in [9.17, 15) is 19.2 Å². The van der Waals surface area contributed by atoms with Gasteiger partial charge in [0.1, 0.15) is 0 Å². The Morgan fingerprint density at radius 2 is 1.87 bits per heavy atom. The second-order valence-electron chi connectivity index (χ2n) is 5.38. The lowest BCUT2D eigenvalue weighted by molar-refractivity contribution is -0.130. The highest BCUT2D eigenvalue weighted by Crippen LogP contribution is 2.24. The normalized spacial score (nSPS) is 14.7. The number of nitrogens with zero attached hydrogens (tertiary/aromatic N) is 3. The molecule has 1 saturated carbocycles. The molecule has 1 aromatic rings. The van der Waals surface area contributed by atoms with Crippen LogP contribution in [0.25, 0.3) is 0 Å². The van der Waals surface area contributed by atoms with E-state index in [-0.39, 0.29) is 22.6 Å². The van der Waals surface area contributed by atoms with Gasteiger partial charge in [0, 0.05) is 20.0 Å². The van der Waals surface area contributed by atoms with Gasteiger partial charge in [0.25, 0.3) is 5.56 Å². The fraction of sp³-hybridized carbons (Fsp3) is 0.615. The van der Waals surface area contributed by atoms with Crippen molar-refractivity contribution < 1.29 is 9.59 Å². The van der Waals surface area contributed by atoms with E-state index in [1.54, 1.807) is 0 Å². The van der Waals surface area contributed by atoms with Gasteiger partial charge >= 0.3 is 5.69 Å². The van der Waals surface area contributed by atoms with Crippen LogP contribution in [0.5, 0.6) is 0 Å². The summed E-state index contributed by atoms with van der Waals surface area (Å²) in [4.78, 5) is 46.9. The fourth-order valence-electron chi connectivity index (χ4n) is 2.35. The van der Waals surface area contributed by atoms with Crippen LogP contribution >= 0.6 is 11.8 Å². The van der Waals surface area contributed by atoms with Crippen molar-refractivity contribution in [2.75, 3.05) is 5.75 Å². The lowest BCUT2D eigenvalue weighted by atomic mass is 10.1. The van der Waals surface area contributed by atoms with Gasteiger partial charge in [-0.3, -0.25) is 29.8 Å². The van der Waals surface area contributed by atoms with Gasteiger partial charge in [0.2, 0.25) is 11.8 Å². The van der Waals surface area contributed by atoms with Gasteiger partial charge in [-0.1, -0.05) is 24.6 Å². The van der Waals surface area contributed by atoms with Crippen LogP contribution < -0.4 is 22.1 Å². The molecule has 1 aromatic heterocycles. The predicted molar refractivity (Wildman–Crippen MR) is 83.7 cm³/mol. The summed E-state index contributed by atoms with van der Waals surface area (Å²) in [6.45, 7) is 0. The maximum atomic E-state index is 11.9. The number of amides is 2. The molecular formula is C13H19N5O4S. The van der Waals surface area contributed by atoms with Crippen molar-refractivity contribution in [3.63, 3.8) is 0 Å². The van der Waals surface area contributed by atoms with Crippen molar-refractivity contribution in [3.8, 4) is 0 Å². The molecule has 0 unspecified atom stereocenters. The lowest BCUT2D eigenvalue weighted by Crippen LogP contribution is -2.45. The summed E-state index contributed by atoms with van der Waals surface area (Å²) in [6, 6.07) is 0. The molecule has 0 bridgehead atoms. The van der Waals surface area contributed by atoms with E-state index in [2.05, 4.69) is 16.0 Å². The zero-order valence-electron chi connectivity index (χ0n) is 13.0. The van der Waals surface area contributed by atoms with E-state index in [1.807, 2.05) is 0 Å². The molecule has 0 atom stereocenters. The molecule has 2 rings (SSSR count). The minimum atomic E-state index is -0.555. The molecule has 9 nitrogen and oxygen atoms in total. The highest BCUT2D eigenvalue weighted by Gasteiger charge is 2.22. The van der Waals surface area contributed by atoms with Crippen molar-refractivity contribution in [1.29, 1.82) is 0 Å². The third kappa shape index (κ3) is 4.21. The predicted octanol–water partition coefficient (Wildman–Crippen LogP) is -1.09. The van der Waals surface area contributed by atoms with Crippen LogP contribution in [0.2, 0.25) is 0 Å². The number of hydrogen-bond acceptors (Lipinski definition) is 6. The Bertz CT molecular complexity index is 720. The largest absolute Gasteiger partial charge is 0.346 e. The van der Waals surface area contributed by atoms with Gasteiger partial charge in [0.15, 0.2) is 5.03 Å². The fourth-order valence-corrected chi connectivity index (χ4v) is 3.13. The Labute approximate surface area is 136 Å². The van der Waals surface area contributed by atoms with Crippen LogP contribution in [0, 0.1) is 5.92 Å². The number of carbonyl (C=O) groups is 2. The summed E-state index contributed by atoms with van der Waals surface area (Å²) in [7, 11) is 2.77. The highest BCUT2D eigenvalue weighted by molar-refractivity contribution is 7.99. The van der Waals surface area contributed by atoms with Crippen LogP contribution in [-0.4, -0.2) is 31.9 Å². The van der Waals surface area contributed by atoms with Crippen LogP contribution in [0.1, 0.15) is 25.7 Å². The number of aryl methyl sites for hydroxylation is 1. The van der Waals surface area contributed by atoms with Crippen LogP contribution in [0.15, 0.2) is 14.6 Å². The Morgan fingerprint density at radius 3 is 2.52 bits per heavy atom. The number of hydrogen-bond donors (Lipinski definition) is 2. The zero-order valence-corrected chi connectivity index (χ0v) is 13.8. The number of hydrazine groups is 1. The molecule has 2 amide bonds.